The Kier molecular flexibility index (Phi) is 2.23. The van der Waals surface area contributed by atoms with Crippen molar-refractivity contribution in [2.24, 2.45) is 0 Å². The number of hydrogen-bond acceptors (Lipinski definition) is 3. The van der Waals surface area contributed by atoms with Crippen molar-refractivity contribution >= 4 is 5.69 Å². The molecule has 5 heteroatoms. The third-order valence-corrected chi connectivity index (χ3v) is 1.23. The first-order valence-corrected chi connectivity index (χ1v) is 3.07. The third-order valence-electron chi connectivity index (χ3n) is 1.23. The van der Waals surface area contributed by atoms with Gasteiger partial charge < -0.3 is 5.21 Å². The maximum Gasteiger partial charge on any atom is 0.336 e. The molecular weight excluding hydrogens is 160 g/mol. The Bertz CT molecular complexity index is 364. The highest BCUT2D eigenvalue weighted by Crippen LogP contribution is 2.11. The zero-order valence-electron chi connectivity index (χ0n) is 5.93. The van der Waals surface area contributed by atoms with Gasteiger partial charge in [-0.15, -0.1) is 0 Å². The molecule has 1 aromatic carbocycles. The Balaban J connectivity index is 3.09. The summed E-state index contributed by atoms with van der Waals surface area (Å²) in [6, 6.07) is 7.59. The molecule has 0 heterocycles. The van der Waals surface area contributed by atoms with Gasteiger partial charge in [-0.3, -0.25) is 10.1 Å². The van der Waals surface area contributed by atoms with Gasteiger partial charge in [0.2, 0.25) is 0 Å². The number of rotatable bonds is 1. The lowest BCUT2D eigenvalue weighted by atomic mass is 10.2. The van der Waals surface area contributed by atoms with Crippen LogP contribution in [0, 0.1) is 21.4 Å². The van der Waals surface area contributed by atoms with Crippen molar-refractivity contribution in [2.45, 2.75) is 0 Å². The van der Waals surface area contributed by atoms with E-state index in [-0.39, 0.29) is 5.69 Å². The van der Waals surface area contributed by atoms with Crippen LogP contribution in [-0.4, -0.2) is 4.92 Å². The molecule has 0 N–H and O–H groups in total. The van der Waals surface area contributed by atoms with Gasteiger partial charge in [0.05, 0.1) is 4.92 Å². The van der Waals surface area contributed by atoms with E-state index < -0.39 is 4.92 Å². The van der Waals surface area contributed by atoms with Crippen LogP contribution in [-0.2, 0) is 0 Å². The molecule has 0 aliphatic carbocycles. The first-order valence-electron chi connectivity index (χ1n) is 3.07. The molecule has 0 amide bonds. The van der Waals surface area contributed by atoms with Crippen molar-refractivity contribution in [3.63, 3.8) is 0 Å². The minimum Gasteiger partial charge on any atom is -0.498 e. The number of nitro benzene ring substituents is 1. The van der Waals surface area contributed by atoms with Crippen LogP contribution in [0.2, 0.25) is 0 Å². The molecule has 0 bridgehead atoms. The van der Waals surface area contributed by atoms with Gasteiger partial charge in [-0.05, 0) is 6.07 Å². The molecule has 0 spiro atoms. The normalized spacial score (nSPS) is 8.33. The molecule has 1 rings (SSSR count). The van der Waals surface area contributed by atoms with Crippen molar-refractivity contribution in [1.29, 1.82) is 0 Å². The largest absolute Gasteiger partial charge is 0.498 e. The molecule has 0 atom stereocenters. The van der Waals surface area contributed by atoms with Crippen LogP contribution in [0.4, 0.5) is 5.69 Å². The molecule has 0 saturated heterocycles. The van der Waals surface area contributed by atoms with Gasteiger partial charge in [0.25, 0.3) is 5.69 Å². The van der Waals surface area contributed by atoms with Crippen LogP contribution in [0.15, 0.2) is 24.3 Å². The van der Waals surface area contributed by atoms with E-state index >= 15 is 0 Å². The van der Waals surface area contributed by atoms with Crippen LogP contribution in [0.5, 0.6) is 0 Å². The van der Waals surface area contributed by atoms with Crippen LogP contribution in [0.25, 0.3) is 5.01 Å². The molecule has 60 valence electrons. The van der Waals surface area contributed by atoms with E-state index in [1.54, 1.807) is 0 Å². The van der Waals surface area contributed by atoms with E-state index in [0.29, 0.717) is 5.56 Å². The summed E-state index contributed by atoms with van der Waals surface area (Å²) >= 11 is 0. The summed E-state index contributed by atoms with van der Waals surface area (Å²) in [6.45, 7) is 0. The molecule has 0 unspecified atom stereocenters. The smallest absolute Gasteiger partial charge is 0.336 e. The van der Waals surface area contributed by atoms with Gasteiger partial charge in [0.15, 0.2) is 0 Å². The molecule has 0 aliphatic rings. The molecule has 0 aliphatic heterocycles. The maximum atomic E-state index is 10.2. The topological polar surface area (TPSA) is 70.6 Å². The van der Waals surface area contributed by atoms with Gasteiger partial charge in [-0.25, -0.2) is 0 Å². The van der Waals surface area contributed by atoms with E-state index in [0.717, 1.165) is 0 Å². The first-order chi connectivity index (χ1) is 5.74. The van der Waals surface area contributed by atoms with Crippen LogP contribution in [0.1, 0.15) is 5.56 Å². The van der Waals surface area contributed by atoms with E-state index in [1.165, 1.54) is 24.3 Å². The Morgan fingerprint density at radius 3 is 2.83 bits per heavy atom. The number of nitrogens with zero attached hydrogens (tertiary/aromatic N) is 2. The highest BCUT2D eigenvalue weighted by molar-refractivity contribution is 5.41. The Morgan fingerprint density at radius 1 is 1.50 bits per heavy atom. The molecule has 5 nitrogen and oxygen atoms in total. The summed E-state index contributed by atoms with van der Waals surface area (Å²) in [4.78, 5) is 9.68. The maximum absolute atomic E-state index is 10.2. The molecule has 0 radical (unpaired) electrons. The zero-order valence-corrected chi connectivity index (χ0v) is 5.93. The van der Waals surface area contributed by atoms with Crippen LogP contribution in [0.3, 0.4) is 0 Å². The average molecular weight is 164 g/mol. The number of nitro groups is 1. The fourth-order valence-corrected chi connectivity index (χ4v) is 0.742. The quantitative estimate of drug-likeness (QED) is 0.469. The summed E-state index contributed by atoms with van der Waals surface area (Å²) in [5.74, 6) is 0. The van der Waals surface area contributed by atoms with Gasteiger partial charge >= 0.3 is 6.07 Å². The average Bonchev–Trinajstić information content (AvgIpc) is 2.05. The molecular formula is C7H4N2O3. The van der Waals surface area contributed by atoms with Crippen molar-refractivity contribution in [1.82, 2.24) is 0 Å². The summed E-state index contributed by atoms with van der Waals surface area (Å²) in [5, 5.41) is 22.3. The third kappa shape index (κ3) is 1.70. The Labute approximate surface area is 67.8 Å². The standard InChI is InChI=1S/C7H4N2O3/c10-8-5-6-2-1-3-7(4-6)9(11)12/h1-4H. The second kappa shape index (κ2) is 3.34. The first kappa shape index (κ1) is 8.01. The van der Waals surface area contributed by atoms with E-state index in [4.69, 9.17) is 0 Å². The van der Waals surface area contributed by atoms with Crippen LogP contribution >= 0.6 is 0 Å². The van der Waals surface area contributed by atoms with E-state index in [2.05, 4.69) is 11.1 Å². The zero-order chi connectivity index (χ0) is 8.97. The molecule has 0 fully saturated rings. The minimum atomic E-state index is -0.546. The lowest BCUT2D eigenvalue weighted by Crippen LogP contribution is -1.87. The van der Waals surface area contributed by atoms with Gasteiger partial charge in [-0.1, -0.05) is 6.07 Å². The molecule has 0 saturated carbocycles. The fourth-order valence-electron chi connectivity index (χ4n) is 0.742. The van der Waals surface area contributed by atoms with E-state index in [9.17, 15) is 15.3 Å². The Morgan fingerprint density at radius 2 is 2.25 bits per heavy atom. The SMILES string of the molecule is O=[N+]([O-])c1cccc(C#[N+][O-])c1. The second-order valence-corrected chi connectivity index (χ2v) is 2.01. The number of hydrogen-bond donors (Lipinski definition) is 0. The summed E-state index contributed by atoms with van der Waals surface area (Å²) in [7, 11) is 0. The second-order valence-electron chi connectivity index (χ2n) is 2.01. The van der Waals surface area contributed by atoms with Crippen molar-refractivity contribution < 1.29 is 4.92 Å². The summed E-state index contributed by atoms with van der Waals surface area (Å²) < 4.78 is 0. The molecule has 0 aromatic heterocycles. The van der Waals surface area contributed by atoms with Gasteiger partial charge in [-0.2, -0.15) is 0 Å². The molecule has 12 heavy (non-hydrogen) atoms. The lowest BCUT2D eigenvalue weighted by Gasteiger charge is -1.87. The van der Waals surface area contributed by atoms with Crippen molar-refractivity contribution in [3.05, 3.63) is 50.2 Å². The molecule has 1 aromatic rings. The predicted molar refractivity (Wildman–Crippen MR) is 42.8 cm³/mol. The summed E-state index contributed by atoms with van der Waals surface area (Å²) in [6.07, 6.45) is 0. The lowest BCUT2D eigenvalue weighted by molar-refractivity contribution is -0.384. The predicted octanol–water partition coefficient (Wildman–Crippen LogP) is 1.77. The van der Waals surface area contributed by atoms with Crippen molar-refractivity contribution in [2.75, 3.05) is 0 Å². The van der Waals surface area contributed by atoms with E-state index in [1.807, 2.05) is 0 Å². The van der Waals surface area contributed by atoms with Crippen molar-refractivity contribution in [3.8, 4) is 6.07 Å². The fraction of sp³-hybridized carbons (Fsp3) is 0. The highest BCUT2D eigenvalue weighted by atomic mass is 16.6. The highest BCUT2D eigenvalue weighted by Gasteiger charge is 2.05. The number of non-ortho nitro benzene ring substituents is 1. The number of benzene rings is 1. The monoisotopic (exact) mass is 164 g/mol. The Hall–Kier alpha value is -2.09. The van der Waals surface area contributed by atoms with Gasteiger partial charge in [0, 0.05) is 17.1 Å². The summed E-state index contributed by atoms with van der Waals surface area (Å²) in [5.41, 5.74) is 0.225. The van der Waals surface area contributed by atoms with Crippen LogP contribution < -0.4 is 0 Å². The van der Waals surface area contributed by atoms with Gasteiger partial charge in [0.1, 0.15) is 5.56 Å². The minimum absolute atomic E-state index is 0.0800.